The van der Waals surface area contributed by atoms with Gasteiger partial charge in [0.1, 0.15) is 0 Å². The SMILES string of the molecule is CCN(CC)S(=O)(=O)c1ccc(S(=O)(=O)N[C@@H](C)c2ccccn2)cc1. The van der Waals surface area contributed by atoms with Crippen molar-refractivity contribution in [3.63, 3.8) is 0 Å². The predicted octanol–water partition coefficient (Wildman–Crippen LogP) is 2.15. The van der Waals surface area contributed by atoms with Crippen LogP contribution in [0.2, 0.25) is 0 Å². The van der Waals surface area contributed by atoms with Crippen molar-refractivity contribution >= 4 is 20.0 Å². The van der Waals surface area contributed by atoms with E-state index in [9.17, 15) is 16.8 Å². The van der Waals surface area contributed by atoms with Gasteiger partial charge in [-0.15, -0.1) is 0 Å². The Balaban J connectivity index is 2.24. The van der Waals surface area contributed by atoms with E-state index in [2.05, 4.69) is 9.71 Å². The van der Waals surface area contributed by atoms with Crippen LogP contribution in [0.3, 0.4) is 0 Å². The third-order valence-electron chi connectivity index (χ3n) is 3.94. The molecule has 0 aliphatic heterocycles. The molecule has 26 heavy (non-hydrogen) atoms. The normalized spacial score (nSPS) is 13.7. The first-order valence-corrected chi connectivity index (χ1v) is 11.2. The van der Waals surface area contributed by atoms with Crippen LogP contribution in [-0.2, 0) is 20.0 Å². The van der Waals surface area contributed by atoms with Crippen LogP contribution in [0.1, 0.15) is 32.5 Å². The van der Waals surface area contributed by atoms with Crippen molar-refractivity contribution in [2.24, 2.45) is 0 Å². The average Bonchev–Trinajstić information content (AvgIpc) is 2.63. The van der Waals surface area contributed by atoms with Crippen molar-refractivity contribution in [3.05, 3.63) is 54.4 Å². The molecule has 142 valence electrons. The Morgan fingerprint density at radius 1 is 0.962 bits per heavy atom. The minimum atomic E-state index is -3.80. The summed E-state index contributed by atoms with van der Waals surface area (Å²) in [6, 6.07) is 9.96. The van der Waals surface area contributed by atoms with E-state index in [0.29, 0.717) is 18.8 Å². The van der Waals surface area contributed by atoms with Crippen LogP contribution in [0.25, 0.3) is 0 Å². The summed E-state index contributed by atoms with van der Waals surface area (Å²) in [6.45, 7) is 5.90. The van der Waals surface area contributed by atoms with Crippen LogP contribution in [0.4, 0.5) is 0 Å². The summed E-state index contributed by atoms with van der Waals surface area (Å²) < 4.78 is 53.8. The van der Waals surface area contributed by atoms with Crippen LogP contribution in [0.15, 0.2) is 58.5 Å². The summed E-state index contributed by atoms with van der Waals surface area (Å²) in [5, 5.41) is 0. The summed E-state index contributed by atoms with van der Waals surface area (Å²) in [5.41, 5.74) is 0.594. The lowest BCUT2D eigenvalue weighted by Crippen LogP contribution is -2.30. The van der Waals surface area contributed by atoms with Gasteiger partial charge in [-0.25, -0.2) is 21.6 Å². The van der Waals surface area contributed by atoms with Crippen LogP contribution < -0.4 is 4.72 Å². The van der Waals surface area contributed by atoms with Gasteiger partial charge < -0.3 is 0 Å². The number of nitrogens with zero attached hydrogens (tertiary/aromatic N) is 2. The van der Waals surface area contributed by atoms with Crippen LogP contribution in [0.5, 0.6) is 0 Å². The first kappa shape index (κ1) is 20.5. The van der Waals surface area contributed by atoms with Crippen molar-refractivity contribution in [3.8, 4) is 0 Å². The summed E-state index contributed by atoms with van der Waals surface area (Å²) >= 11 is 0. The van der Waals surface area contributed by atoms with Gasteiger partial charge in [0.2, 0.25) is 20.0 Å². The average molecular weight is 398 g/mol. The second kappa shape index (κ2) is 8.26. The standard InChI is InChI=1S/C17H23N3O4S2/c1-4-20(5-2)26(23,24)16-11-9-15(10-12-16)25(21,22)19-14(3)17-8-6-7-13-18-17/h6-14,19H,4-5H2,1-3H3/t14-/m0/s1. The Bertz CT molecular complexity index is 924. The van der Waals surface area contributed by atoms with E-state index < -0.39 is 26.1 Å². The Morgan fingerprint density at radius 2 is 1.54 bits per heavy atom. The quantitative estimate of drug-likeness (QED) is 0.736. The summed E-state index contributed by atoms with van der Waals surface area (Å²) in [7, 11) is -7.42. The Labute approximate surface area is 155 Å². The minimum Gasteiger partial charge on any atom is -0.260 e. The number of pyridine rings is 1. The molecule has 7 nitrogen and oxygen atoms in total. The molecule has 9 heteroatoms. The zero-order valence-corrected chi connectivity index (χ0v) is 16.6. The molecule has 0 aliphatic rings. The third kappa shape index (κ3) is 4.47. The predicted molar refractivity (Wildman–Crippen MR) is 99.5 cm³/mol. The van der Waals surface area contributed by atoms with Gasteiger partial charge in [0.15, 0.2) is 0 Å². The minimum absolute atomic E-state index is 0.00113. The van der Waals surface area contributed by atoms with Gasteiger partial charge in [0.05, 0.1) is 21.5 Å². The topological polar surface area (TPSA) is 96.4 Å². The maximum absolute atomic E-state index is 12.5. The summed E-state index contributed by atoms with van der Waals surface area (Å²) in [6.07, 6.45) is 1.59. The van der Waals surface area contributed by atoms with Crippen molar-refractivity contribution < 1.29 is 16.8 Å². The number of hydrogen-bond acceptors (Lipinski definition) is 5. The number of hydrogen-bond donors (Lipinski definition) is 1. The number of benzene rings is 1. The molecular weight excluding hydrogens is 374 g/mol. The summed E-state index contributed by atoms with van der Waals surface area (Å²) in [5.74, 6) is 0. The maximum atomic E-state index is 12.5. The Kier molecular flexibility index (Phi) is 6.51. The van der Waals surface area contributed by atoms with Gasteiger partial charge in [-0.05, 0) is 43.3 Å². The molecule has 2 aromatic rings. The van der Waals surface area contributed by atoms with Crippen LogP contribution in [0, 0.1) is 0 Å². The van der Waals surface area contributed by atoms with Crippen molar-refractivity contribution in [1.29, 1.82) is 0 Å². The fraction of sp³-hybridized carbons (Fsp3) is 0.353. The zero-order chi connectivity index (χ0) is 19.4. The molecule has 1 aromatic heterocycles. The first-order chi connectivity index (χ1) is 12.2. The van der Waals surface area contributed by atoms with Crippen LogP contribution >= 0.6 is 0 Å². The number of aromatic nitrogens is 1. The molecule has 0 bridgehead atoms. The lowest BCUT2D eigenvalue weighted by atomic mass is 10.2. The number of rotatable bonds is 8. The van der Waals surface area contributed by atoms with E-state index >= 15 is 0 Å². The first-order valence-electron chi connectivity index (χ1n) is 8.25. The maximum Gasteiger partial charge on any atom is 0.243 e. The Hall–Kier alpha value is -1.81. The second-order valence-corrected chi connectivity index (χ2v) is 9.31. The molecule has 0 saturated heterocycles. The zero-order valence-electron chi connectivity index (χ0n) is 15.0. The van der Waals surface area contributed by atoms with Gasteiger partial charge in [0.25, 0.3) is 0 Å². The number of nitrogens with one attached hydrogen (secondary N) is 1. The van der Waals surface area contributed by atoms with Crippen molar-refractivity contribution in [2.75, 3.05) is 13.1 Å². The van der Waals surface area contributed by atoms with Crippen LogP contribution in [-0.4, -0.2) is 39.2 Å². The molecule has 0 radical (unpaired) electrons. The highest BCUT2D eigenvalue weighted by molar-refractivity contribution is 7.89. The van der Waals surface area contributed by atoms with Gasteiger partial charge in [-0.2, -0.15) is 4.31 Å². The lowest BCUT2D eigenvalue weighted by molar-refractivity contribution is 0.445. The van der Waals surface area contributed by atoms with E-state index in [1.165, 1.54) is 28.6 Å². The van der Waals surface area contributed by atoms with Gasteiger partial charge in [0, 0.05) is 19.3 Å². The van der Waals surface area contributed by atoms with Gasteiger partial charge in [-0.1, -0.05) is 19.9 Å². The molecular formula is C17H23N3O4S2. The van der Waals surface area contributed by atoms with E-state index in [1.54, 1.807) is 45.2 Å². The smallest absolute Gasteiger partial charge is 0.243 e. The van der Waals surface area contributed by atoms with Gasteiger partial charge >= 0.3 is 0 Å². The van der Waals surface area contributed by atoms with E-state index in [-0.39, 0.29) is 9.79 Å². The highest BCUT2D eigenvalue weighted by Crippen LogP contribution is 2.20. The molecule has 0 spiro atoms. The molecule has 1 aromatic carbocycles. The van der Waals surface area contributed by atoms with Gasteiger partial charge in [-0.3, -0.25) is 4.98 Å². The van der Waals surface area contributed by atoms with E-state index in [1.807, 2.05) is 0 Å². The third-order valence-corrected chi connectivity index (χ3v) is 7.56. The molecule has 0 aliphatic carbocycles. The Morgan fingerprint density at radius 3 is 2.04 bits per heavy atom. The highest BCUT2D eigenvalue weighted by Gasteiger charge is 2.23. The number of sulfonamides is 2. The fourth-order valence-electron chi connectivity index (χ4n) is 2.50. The second-order valence-electron chi connectivity index (χ2n) is 5.66. The molecule has 1 heterocycles. The molecule has 0 saturated carbocycles. The molecule has 0 amide bonds. The molecule has 2 rings (SSSR count). The molecule has 0 fully saturated rings. The molecule has 1 atom stereocenters. The monoisotopic (exact) mass is 397 g/mol. The fourth-order valence-corrected chi connectivity index (χ4v) is 5.17. The van der Waals surface area contributed by atoms with E-state index in [0.717, 1.165) is 0 Å². The lowest BCUT2D eigenvalue weighted by Gasteiger charge is -2.18. The largest absolute Gasteiger partial charge is 0.260 e. The highest BCUT2D eigenvalue weighted by atomic mass is 32.2. The molecule has 1 N–H and O–H groups in total. The summed E-state index contributed by atoms with van der Waals surface area (Å²) in [4.78, 5) is 4.20. The van der Waals surface area contributed by atoms with Crippen molar-refractivity contribution in [1.82, 2.24) is 14.0 Å². The van der Waals surface area contributed by atoms with Crippen molar-refractivity contribution in [2.45, 2.75) is 36.6 Å². The molecule has 0 unspecified atom stereocenters. The van der Waals surface area contributed by atoms with E-state index in [4.69, 9.17) is 0 Å².